The highest BCUT2D eigenvalue weighted by Gasteiger charge is 2.24. The van der Waals surface area contributed by atoms with Crippen molar-refractivity contribution in [3.05, 3.63) is 28.2 Å². The Hall–Kier alpha value is -1.30. The minimum absolute atomic E-state index is 0.0630. The Morgan fingerprint density at radius 1 is 1.32 bits per heavy atom. The minimum Gasteiger partial charge on any atom is -0.335 e. The van der Waals surface area contributed by atoms with Crippen LogP contribution < -0.4 is 11.1 Å². The first-order valence-electron chi connectivity index (χ1n) is 7.01. The molecule has 2 unspecified atom stereocenters. The lowest BCUT2D eigenvalue weighted by Gasteiger charge is -2.24. The number of hydrogen-bond acceptors (Lipinski definition) is 3. The van der Waals surface area contributed by atoms with Crippen LogP contribution in [0.4, 0.5) is 5.69 Å². The number of likely N-dealkylation sites (N-methyl/N-ethyl adjacent to an activating group) is 1. The molecule has 7 heteroatoms. The smallest absolute Gasteiger partial charge is 0.243 e. The van der Waals surface area contributed by atoms with Crippen molar-refractivity contribution in [3.8, 4) is 0 Å². The van der Waals surface area contributed by atoms with E-state index < -0.39 is 6.04 Å². The highest BCUT2D eigenvalue weighted by atomic mass is 35.5. The number of benzene rings is 1. The molecule has 0 saturated carbocycles. The van der Waals surface area contributed by atoms with Crippen LogP contribution in [-0.2, 0) is 9.59 Å². The van der Waals surface area contributed by atoms with Crippen molar-refractivity contribution in [3.63, 3.8) is 0 Å². The molecule has 1 aromatic rings. The molecule has 0 aliphatic heterocycles. The molecule has 0 aliphatic carbocycles. The first-order valence-corrected chi connectivity index (χ1v) is 7.77. The van der Waals surface area contributed by atoms with E-state index in [1.807, 2.05) is 13.8 Å². The van der Waals surface area contributed by atoms with E-state index in [0.717, 1.165) is 6.42 Å². The van der Waals surface area contributed by atoms with E-state index in [1.165, 1.54) is 4.90 Å². The molecule has 0 heterocycles. The van der Waals surface area contributed by atoms with Crippen LogP contribution in [0.5, 0.6) is 0 Å². The fraction of sp³-hybridized carbons (Fsp3) is 0.467. The number of amides is 2. The van der Waals surface area contributed by atoms with Crippen LogP contribution >= 0.6 is 23.2 Å². The molecular formula is C15H21Cl2N3O2. The van der Waals surface area contributed by atoms with E-state index in [1.54, 1.807) is 25.2 Å². The third-order valence-electron chi connectivity index (χ3n) is 3.50. The highest BCUT2D eigenvalue weighted by Crippen LogP contribution is 2.24. The average Bonchev–Trinajstić information content (AvgIpc) is 2.48. The van der Waals surface area contributed by atoms with E-state index in [0.29, 0.717) is 15.7 Å². The van der Waals surface area contributed by atoms with Crippen molar-refractivity contribution in [2.75, 3.05) is 18.9 Å². The molecule has 0 fully saturated rings. The van der Waals surface area contributed by atoms with Gasteiger partial charge >= 0.3 is 0 Å². The van der Waals surface area contributed by atoms with E-state index in [-0.39, 0.29) is 24.3 Å². The molecule has 22 heavy (non-hydrogen) atoms. The summed E-state index contributed by atoms with van der Waals surface area (Å²) in [5.74, 6) is -0.516. The Balaban J connectivity index is 2.60. The Morgan fingerprint density at radius 3 is 2.50 bits per heavy atom. The van der Waals surface area contributed by atoms with E-state index in [9.17, 15) is 9.59 Å². The van der Waals surface area contributed by atoms with Crippen LogP contribution in [0.15, 0.2) is 18.2 Å². The summed E-state index contributed by atoms with van der Waals surface area (Å²) in [5.41, 5.74) is 6.40. The molecule has 0 aliphatic rings. The standard InChI is InChI=1S/C15H21Cl2N3O2/c1-4-9(2)14(18)15(22)20(3)8-13(21)19-10-5-6-11(16)12(17)7-10/h5-7,9,14H,4,8,18H2,1-3H3,(H,19,21). The van der Waals surface area contributed by atoms with E-state index in [2.05, 4.69) is 5.32 Å². The van der Waals surface area contributed by atoms with Gasteiger partial charge in [0.2, 0.25) is 11.8 Å². The van der Waals surface area contributed by atoms with Gasteiger partial charge in [0.15, 0.2) is 0 Å². The lowest BCUT2D eigenvalue weighted by molar-refractivity contribution is -0.135. The number of nitrogens with zero attached hydrogens (tertiary/aromatic N) is 1. The van der Waals surface area contributed by atoms with Crippen LogP contribution in [0, 0.1) is 5.92 Å². The molecule has 122 valence electrons. The average molecular weight is 346 g/mol. The lowest BCUT2D eigenvalue weighted by atomic mass is 9.99. The summed E-state index contributed by atoms with van der Waals surface area (Å²) in [6.45, 7) is 3.80. The Labute approximate surface area is 140 Å². The maximum absolute atomic E-state index is 12.1. The summed E-state index contributed by atoms with van der Waals surface area (Å²) in [6, 6.07) is 4.17. The van der Waals surface area contributed by atoms with Crippen molar-refractivity contribution >= 4 is 40.7 Å². The van der Waals surface area contributed by atoms with Crippen LogP contribution in [0.2, 0.25) is 10.0 Å². The minimum atomic E-state index is -0.604. The van der Waals surface area contributed by atoms with Crippen molar-refractivity contribution < 1.29 is 9.59 Å². The molecule has 0 aromatic heterocycles. The van der Waals surface area contributed by atoms with Gasteiger partial charge in [0, 0.05) is 12.7 Å². The predicted octanol–water partition coefficient (Wildman–Crippen LogP) is 2.76. The number of nitrogens with two attached hydrogens (primary N) is 1. The third kappa shape index (κ3) is 5.16. The van der Waals surface area contributed by atoms with Crippen LogP contribution in [0.1, 0.15) is 20.3 Å². The quantitative estimate of drug-likeness (QED) is 0.832. The second-order valence-corrected chi connectivity index (χ2v) is 6.10. The van der Waals surface area contributed by atoms with Gasteiger partial charge in [-0.1, -0.05) is 43.5 Å². The van der Waals surface area contributed by atoms with Gasteiger partial charge in [0.05, 0.1) is 22.6 Å². The third-order valence-corrected chi connectivity index (χ3v) is 4.24. The fourth-order valence-corrected chi connectivity index (χ4v) is 2.12. The fourth-order valence-electron chi connectivity index (χ4n) is 1.82. The van der Waals surface area contributed by atoms with Crippen molar-refractivity contribution in [2.24, 2.45) is 11.7 Å². The van der Waals surface area contributed by atoms with Gasteiger partial charge in [-0.2, -0.15) is 0 Å². The zero-order valence-electron chi connectivity index (χ0n) is 12.9. The van der Waals surface area contributed by atoms with E-state index in [4.69, 9.17) is 28.9 Å². The first-order chi connectivity index (χ1) is 10.3. The second kappa shape index (κ2) is 8.36. The van der Waals surface area contributed by atoms with Gasteiger partial charge in [-0.3, -0.25) is 9.59 Å². The van der Waals surface area contributed by atoms with Gasteiger partial charge in [-0.25, -0.2) is 0 Å². The Bertz CT molecular complexity index is 552. The zero-order chi connectivity index (χ0) is 16.9. The zero-order valence-corrected chi connectivity index (χ0v) is 14.4. The maximum atomic E-state index is 12.1. The van der Waals surface area contributed by atoms with Crippen LogP contribution in [-0.4, -0.2) is 36.3 Å². The molecule has 0 saturated heterocycles. The van der Waals surface area contributed by atoms with Crippen LogP contribution in [0.25, 0.3) is 0 Å². The van der Waals surface area contributed by atoms with Crippen molar-refractivity contribution in [1.29, 1.82) is 0 Å². The normalized spacial score (nSPS) is 13.4. The topological polar surface area (TPSA) is 75.4 Å². The highest BCUT2D eigenvalue weighted by molar-refractivity contribution is 6.42. The van der Waals surface area contributed by atoms with Gasteiger partial charge < -0.3 is 16.0 Å². The number of hydrogen-bond donors (Lipinski definition) is 2. The lowest BCUT2D eigenvalue weighted by Crippen LogP contribution is -2.47. The maximum Gasteiger partial charge on any atom is 0.243 e. The molecule has 0 bridgehead atoms. The Morgan fingerprint density at radius 2 is 1.95 bits per heavy atom. The largest absolute Gasteiger partial charge is 0.335 e. The van der Waals surface area contributed by atoms with Crippen LogP contribution in [0.3, 0.4) is 0 Å². The summed E-state index contributed by atoms with van der Waals surface area (Å²) < 4.78 is 0. The van der Waals surface area contributed by atoms with Gasteiger partial charge in [0.25, 0.3) is 0 Å². The molecule has 2 amide bonds. The number of rotatable bonds is 6. The summed E-state index contributed by atoms with van der Waals surface area (Å²) in [6.07, 6.45) is 0.802. The molecule has 0 radical (unpaired) electrons. The van der Waals surface area contributed by atoms with Crippen molar-refractivity contribution in [2.45, 2.75) is 26.3 Å². The summed E-state index contributed by atoms with van der Waals surface area (Å²) in [5, 5.41) is 3.42. The number of carbonyl (C=O) groups excluding carboxylic acids is 2. The van der Waals surface area contributed by atoms with Gasteiger partial charge in [0.1, 0.15) is 0 Å². The molecule has 3 N–H and O–H groups in total. The monoisotopic (exact) mass is 345 g/mol. The molecule has 1 rings (SSSR count). The number of anilines is 1. The van der Waals surface area contributed by atoms with Crippen molar-refractivity contribution in [1.82, 2.24) is 4.90 Å². The SMILES string of the molecule is CCC(C)C(N)C(=O)N(C)CC(=O)Nc1ccc(Cl)c(Cl)c1. The predicted molar refractivity (Wildman–Crippen MR) is 90.2 cm³/mol. The van der Waals surface area contributed by atoms with E-state index >= 15 is 0 Å². The van der Waals surface area contributed by atoms with Gasteiger partial charge in [-0.15, -0.1) is 0 Å². The summed E-state index contributed by atoms with van der Waals surface area (Å²) >= 11 is 11.7. The number of carbonyl (C=O) groups is 2. The summed E-state index contributed by atoms with van der Waals surface area (Å²) in [7, 11) is 1.55. The number of nitrogens with one attached hydrogen (secondary N) is 1. The first kappa shape index (κ1) is 18.7. The Kier molecular flexibility index (Phi) is 7.13. The number of halogens is 2. The summed E-state index contributed by atoms with van der Waals surface area (Å²) in [4.78, 5) is 25.4. The molecule has 1 aromatic carbocycles. The molecule has 5 nitrogen and oxygen atoms in total. The molecule has 2 atom stereocenters. The molecular weight excluding hydrogens is 325 g/mol. The molecule has 0 spiro atoms. The van der Waals surface area contributed by atoms with Gasteiger partial charge in [-0.05, 0) is 24.1 Å². The second-order valence-electron chi connectivity index (χ2n) is 5.28.